The van der Waals surface area contributed by atoms with E-state index in [4.69, 9.17) is 9.47 Å². The summed E-state index contributed by atoms with van der Waals surface area (Å²) in [6.45, 7) is 0. The average Bonchev–Trinajstić information content (AvgIpc) is 2.59. The molecule has 0 saturated heterocycles. The first-order valence-electron chi connectivity index (χ1n) is 6.90. The van der Waals surface area contributed by atoms with Gasteiger partial charge in [-0.15, -0.1) is 0 Å². The van der Waals surface area contributed by atoms with Gasteiger partial charge in [-0.1, -0.05) is 48.6 Å². The van der Waals surface area contributed by atoms with Gasteiger partial charge in [0.1, 0.15) is 17.8 Å². The van der Waals surface area contributed by atoms with Crippen LogP contribution < -0.4 is 9.47 Å². The first-order chi connectivity index (χ1) is 10.8. The quantitative estimate of drug-likeness (QED) is 0.460. The number of ether oxygens (including phenoxy) is 2. The van der Waals surface area contributed by atoms with Gasteiger partial charge in [0.25, 0.3) is 0 Å². The van der Waals surface area contributed by atoms with Gasteiger partial charge in [0.2, 0.25) is 0 Å². The van der Waals surface area contributed by atoms with Crippen molar-refractivity contribution in [2.75, 3.05) is 14.2 Å². The number of hydrogen-bond acceptors (Lipinski definition) is 3. The van der Waals surface area contributed by atoms with Gasteiger partial charge >= 0.3 is 0 Å². The van der Waals surface area contributed by atoms with Gasteiger partial charge in [-0.2, -0.15) is 0 Å². The number of hydrogen-bond donors (Lipinski definition) is 0. The monoisotopic (exact) mass is 294 g/mol. The van der Waals surface area contributed by atoms with Crippen LogP contribution in [0.25, 0.3) is 5.57 Å². The minimum atomic E-state index is 0.717. The van der Waals surface area contributed by atoms with Crippen molar-refractivity contribution in [3.63, 3.8) is 0 Å². The number of carbonyl (C=O) groups excluding carboxylic acids is 1. The van der Waals surface area contributed by atoms with Crippen LogP contribution in [0.5, 0.6) is 11.5 Å². The van der Waals surface area contributed by atoms with E-state index in [1.165, 1.54) is 6.08 Å². The van der Waals surface area contributed by atoms with Crippen molar-refractivity contribution < 1.29 is 14.3 Å². The largest absolute Gasteiger partial charge is 0.496 e. The first kappa shape index (κ1) is 15.6. The third-order valence-electron chi connectivity index (χ3n) is 3.23. The lowest BCUT2D eigenvalue weighted by atomic mass is 9.95. The van der Waals surface area contributed by atoms with E-state index in [0.717, 1.165) is 23.0 Å². The third kappa shape index (κ3) is 3.44. The van der Waals surface area contributed by atoms with E-state index < -0.39 is 0 Å². The SMILES string of the molecule is COc1cccc(OC)c1C(=CC=CC=O)c1ccccc1. The fourth-order valence-corrected chi connectivity index (χ4v) is 2.26. The zero-order chi connectivity index (χ0) is 15.8. The molecule has 2 aromatic carbocycles. The van der Waals surface area contributed by atoms with Gasteiger partial charge in [-0.05, 0) is 29.3 Å². The second kappa shape index (κ2) is 7.84. The fraction of sp³-hybridized carbons (Fsp3) is 0.105. The molecule has 22 heavy (non-hydrogen) atoms. The maximum Gasteiger partial charge on any atom is 0.142 e. The molecule has 0 spiro atoms. The third-order valence-corrected chi connectivity index (χ3v) is 3.23. The molecule has 0 heterocycles. The fourth-order valence-electron chi connectivity index (χ4n) is 2.26. The predicted molar refractivity (Wildman–Crippen MR) is 88.3 cm³/mol. The van der Waals surface area contributed by atoms with Crippen LogP contribution in [0.3, 0.4) is 0 Å². The maximum absolute atomic E-state index is 10.5. The molecule has 0 aliphatic carbocycles. The summed E-state index contributed by atoms with van der Waals surface area (Å²) in [6, 6.07) is 15.6. The summed E-state index contributed by atoms with van der Waals surface area (Å²) in [5.41, 5.74) is 2.79. The zero-order valence-corrected chi connectivity index (χ0v) is 12.7. The molecule has 0 bridgehead atoms. The van der Waals surface area contributed by atoms with Crippen LogP contribution in [0.15, 0.2) is 66.8 Å². The highest BCUT2D eigenvalue weighted by molar-refractivity contribution is 5.87. The molecule has 0 unspecified atom stereocenters. The van der Waals surface area contributed by atoms with E-state index in [1.807, 2.05) is 54.6 Å². The minimum Gasteiger partial charge on any atom is -0.496 e. The lowest BCUT2D eigenvalue weighted by molar-refractivity contribution is -0.104. The van der Waals surface area contributed by atoms with E-state index in [-0.39, 0.29) is 0 Å². The molecule has 3 heteroatoms. The second-order valence-corrected chi connectivity index (χ2v) is 4.50. The van der Waals surface area contributed by atoms with E-state index in [1.54, 1.807) is 20.3 Å². The van der Waals surface area contributed by atoms with Crippen LogP contribution in [-0.4, -0.2) is 20.5 Å². The van der Waals surface area contributed by atoms with Crippen LogP contribution in [-0.2, 0) is 4.79 Å². The lowest BCUT2D eigenvalue weighted by Crippen LogP contribution is -1.97. The highest BCUT2D eigenvalue weighted by atomic mass is 16.5. The Bertz CT molecular complexity index is 663. The summed E-state index contributed by atoms with van der Waals surface area (Å²) >= 11 is 0. The van der Waals surface area contributed by atoms with Crippen LogP contribution >= 0.6 is 0 Å². The van der Waals surface area contributed by atoms with E-state index in [9.17, 15) is 4.79 Å². The van der Waals surface area contributed by atoms with E-state index >= 15 is 0 Å². The van der Waals surface area contributed by atoms with Crippen molar-refractivity contribution in [2.45, 2.75) is 0 Å². The molecule has 2 aromatic rings. The van der Waals surface area contributed by atoms with Crippen LogP contribution in [0.4, 0.5) is 0 Å². The molecular weight excluding hydrogens is 276 g/mol. The number of benzene rings is 2. The van der Waals surface area contributed by atoms with Gasteiger partial charge in [0, 0.05) is 0 Å². The second-order valence-electron chi connectivity index (χ2n) is 4.50. The number of methoxy groups -OCH3 is 2. The lowest BCUT2D eigenvalue weighted by Gasteiger charge is -2.16. The molecular formula is C19H18O3. The highest BCUT2D eigenvalue weighted by Gasteiger charge is 2.15. The van der Waals surface area contributed by atoms with Crippen LogP contribution in [0.1, 0.15) is 11.1 Å². The summed E-state index contributed by atoms with van der Waals surface area (Å²) in [6.07, 6.45) is 5.79. The summed E-state index contributed by atoms with van der Waals surface area (Å²) < 4.78 is 11.0. The molecule has 0 radical (unpaired) electrons. The van der Waals surface area contributed by atoms with Crippen molar-refractivity contribution in [1.29, 1.82) is 0 Å². The van der Waals surface area contributed by atoms with E-state index in [2.05, 4.69) is 0 Å². The zero-order valence-electron chi connectivity index (χ0n) is 12.7. The Hall–Kier alpha value is -2.81. The van der Waals surface area contributed by atoms with Gasteiger partial charge in [-0.3, -0.25) is 4.79 Å². The molecule has 3 nitrogen and oxygen atoms in total. The van der Waals surface area contributed by atoms with E-state index in [0.29, 0.717) is 11.5 Å². The Morgan fingerprint density at radius 1 is 0.864 bits per heavy atom. The van der Waals surface area contributed by atoms with Crippen molar-refractivity contribution in [1.82, 2.24) is 0 Å². The Balaban J connectivity index is 2.67. The van der Waals surface area contributed by atoms with Gasteiger partial charge in [0.05, 0.1) is 19.8 Å². The number of aldehydes is 1. The Morgan fingerprint density at radius 2 is 1.50 bits per heavy atom. The standard InChI is InChI=1S/C19H18O3/c1-21-17-12-8-13-18(22-2)19(17)16(11-6-7-14-20)15-9-4-3-5-10-15/h3-14H,1-2H3. The molecule has 0 aromatic heterocycles. The summed E-state index contributed by atoms with van der Waals surface area (Å²) in [5, 5.41) is 0. The van der Waals surface area contributed by atoms with Crippen molar-refractivity contribution in [3.8, 4) is 11.5 Å². The molecule has 0 amide bonds. The number of rotatable bonds is 6. The minimum absolute atomic E-state index is 0.717. The molecule has 112 valence electrons. The first-order valence-corrected chi connectivity index (χ1v) is 6.90. The number of allylic oxidation sites excluding steroid dienone is 3. The highest BCUT2D eigenvalue weighted by Crippen LogP contribution is 2.38. The molecule has 0 aliphatic rings. The normalized spacial score (nSPS) is 11.5. The average molecular weight is 294 g/mol. The Kier molecular flexibility index (Phi) is 5.55. The van der Waals surface area contributed by atoms with Crippen molar-refractivity contribution in [2.24, 2.45) is 0 Å². The Labute approximate surface area is 130 Å². The molecule has 0 aliphatic heterocycles. The smallest absolute Gasteiger partial charge is 0.142 e. The Morgan fingerprint density at radius 3 is 2.05 bits per heavy atom. The summed E-state index contributed by atoms with van der Waals surface area (Å²) in [5.74, 6) is 1.43. The summed E-state index contributed by atoms with van der Waals surface area (Å²) in [7, 11) is 3.25. The molecule has 0 atom stereocenters. The van der Waals surface area contributed by atoms with Gasteiger partial charge in [-0.25, -0.2) is 0 Å². The van der Waals surface area contributed by atoms with Crippen molar-refractivity contribution >= 4 is 11.9 Å². The van der Waals surface area contributed by atoms with Gasteiger partial charge < -0.3 is 9.47 Å². The van der Waals surface area contributed by atoms with Crippen LogP contribution in [0.2, 0.25) is 0 Å². The molecule has 0 saturated carbocycles. The summed E-state index contributed by atoms with van der Waals surface area (Å²) in [4.78, 5) is 10.5. The predicted octanol–water partition coefficient (Wildman–Crippen LogP) is 3.89. The molecule has 0 N–H and O–H groups in total. The number of carbonyl (C=O) groups is 1. The van der Waals surface area contributed by atoms with Gasteiger partial charge in [0.15, 0.2) is 0 Å². The van der Waals surface area contributed by atoms with Crippen LogP contribution in [0, 0.1) is 0 Å². The molecule has 0 fully saturated rings. The maximum atomic E-state index is 10.5. The molecule has 2 rings (SSSR count). The topological polar surface area (TPSA) is 35.5 Å². The van der Waals surface area contributed by atoms with Crippen molar-refractivity contribution in [3.05, 3.63) is 77.9 Å².